The number of nitrogens with zero attached hydrogens (tertiary/aromatic N) is 2. The zero-order chi connectivity index (χ0) is 12.4. The summed E-state index contributed by atoms with van der Waals surface area (Å²) in [6, 6.07) is 1.53. The van der Waals surface area contributed by atoms with Crippen molar-refractivity contribution in [2.75, 3.05) is 0 Å². The number of hydrogen-bond donors (Lipinski definition) is 1. The molecule has 0 fully saturated rings. The molecule has 0 aliphatic carbocycles. The highest BCUT2D eigenvalue weighted by Gasteiger charge is 2.15. The molecule has 0 unspecified atom stereocenters. The van der Waals surface area contributed by atoms with Gasteiger partial charge in [0.05, 0.1) is 12.4 Å². The smallest absolute Gasteiger partial charge is 0.345 e. The van der Waals surface area contributed by atoms with E-state index in [9.17, 15) is 9.18 Å². The predicted molar refractivity (Wildman–Crippen MR) is 61.6 cm³/mol. The van der Waals surface area contributed by atoms with Crippen LogP contribution < -0.4 is 0 Å². The lowest BCUT2D eigenvalue weighted by Gasteiger charge is -1.98. The van der Waals surface area contributed by atoms with Crippen LogP contribution in [0, 0.1) is 5.82 Å². The number of carboxylic acids is 1. The molecule has 0 aliphatic rings. The van der Waals surface area contributed by atoms with Gasteiger partial charge in [0, 0.05) is 10.4 Å². The number of thiophene rings is 1. The third-order valence-corrected chi connectivity index (χ3v) is 3.47. The lowest BCUT2D eigenvalue weighted by atomic mass is 10.2. The van der Waals surface area contributed by atoms with Gasteiger partial charge < -0.3 is 5.11 Å². The van der Waals surface area contributed by atoms with Crippen molar-refractivity contribution in [3.8, 4) is 11.4 Å². The summed E-state index contributed by atoms with van der Waals surface area (Å²) in [5, 5.41) is 8.92. The first-order chi connectivity index (χ1) is 8.11. The van der Waals surface area contributed by atoms with Gasteiger partial charge in [-0.3, -0.25) is 0 Å². The molecule has 0 radical (unpaired) electrons. The van der Waals surface area contributed by atoms with Crippen molar-refractivity contribution in [2.24, 2.45) is 0 Å². The van der Waals surface area contributed by atoms with Crippen LogP contribution in [0.3, 0.4) is 0 Å². The Labute approximate surface area is 101 Å². The van der Waals surface area contributed by atoms with E-state index in [0.29, 0.717) is 17.8 Å². The van der Waals surface area contributed by atoms with Gasteiger partial charge in [0.25, 0.3) is 0 Å². The van der Waals surface area contributed by atoms with Crippen LogP contribution in [0.15, 0.2) is 18.5 Å². The molecule has 17 heavy (non-hydrogen) atoms. The number of aromatic nitrogens is 2. The summed E-state index contributed by atoms with van der Waals surface area (Å²) in [7, 11) is 0. The molecule has 88 valence electrons. The Bertz CT molecular complexity index is 551. The third kappa shape index (κ3) is 2.31. The van der Waals surface area contributed by atoms with Crippen molar-refractivity contribution >= 4 is 17.3 Å². The lowest BCUT2D eigenvalue weighted by molar-refractivity contribution is 0.0702. The molecule has 0 saturated carbocycles. The van der Waals surface area contributed by atoms with Gasteiger partial charge in [-0.1, -0.05) is 6.92 Å². The van der Waals surface area contributed by atoms with Gasteiger partial charge in [-0.2, -0.15) is 0 Å². The fraction of sp³-hybridized carbons (Fsp3) is 0.182. The van der Waals surface area contributed by atoms with Crippen molar-refractivity contribution in [3.05, 3.63) is 34.0 Å². The van der Waals surface area contributed by atoms with Crippen LogP contribution in [-0.4, -0.2) is 21.0 Å². The number of halogens is 1. The molecule has 0 aromatic carbocycles. The lowest BCUT2D eigenvalue weighted by Crippen LogP contribution is -1.92. The van der Waals surface area contributed by atoms with Crippen LogP contribution in [0.4, 0.5) is 4.39 Å². The van der Waals surface area contributed by atoms with Gasteiger partial charge in [-0.05, 0) is 12.5 Å². The number of hydrogen-bond acceptors (Lipinski definition) is 4. The first-order valence-electron chi connectivity index (χ1n) is 4.95. The summed E-state index contributed by atoms with van der Waals surface area (Å²) in [6.45, 7) is 1.92. The summed E-state index contributed by atoms with van der Waals surface area (Å²) in [5.74, 6) is -1.13. The van der Waals surface area contributed by atoms with Crippen LogP contribution in [0.5, 0.6) is 0 Å². The minimum Gasteiger partial charge on any atom is -0.477 e. The molecule has 2 aromatic heterocycles. The summed E-state index contributed by atoms with van der Waals surface area (Å²) in [5.41, 5.74) is 0.662. The summed E-state index contributed by atoms with van der Waals surface area (Å²) in [4.78, 5) is 19.7. The zero-order valence-electron chi connectivity index (χ0n) is 8.98. The Hall–Kier alpha value is -1.82. The first-order valence-corrected chi connectivity index (χ1v) is 5.77. The minimum absolute atomic E-state index is 0.241. The van der Waals surface area contributed by atoms with Crippen LogP contribution >= 0.6 is 11.3 Å². The van der Waals surface area contributed by atoms with Crippen molar-refractivity contribution in [1.29, 1.82) is 0 Å². The molecule has 0 bridgehead atoms. The molecule has 0 spiro atoms. The number of carbonyl (C=O) groups is 1. The Morgan fingerprint density at radius 3 is 2.65 bits per heavy atom. The maximum Gasteiger partial charge on any atom is 0.345 e. The van der Waals surface area contributed by atoms with Crippen molar-refractivity contribution in [2.45, 2.75) is 13.3 Å². The second-order valence-corrected chi connectivity index (χ2v) is 4.47. The number of aromatic carboxylic acids is 1. The van der Waals surface area contributed by atoms with Gasteiger partial charge in [0.2, 0.25) is 0 Å². The molecule has 4 nitrogen and oxygen atoms in total. The van der Waals surface area contributed by atoms with Gasteiger partial charge in [0.1, 0.15) is 4.88 Å². The third-order valence-electron chi connectivity index (χ3n) is 2.20. The zero-order valence-corrected chi connectivity index (χ0v) is 9.79. The van der Waals surface area contributed by atoms with Crippen molar-refractivity contribution in [1.82, 2.24) is 9.97 Å². The second-order valence-electron chi connectivity index (χ2n) is 3.33. The Morgan fingerprint density at radius 2 is 2.12 bits per heavy atom. The predicted octanol–water partition coefficient (Wildman–Crippen LogP) is 2.60. The molecule has 0 atom stereocenters. The van der Waals surface area contributed by atoms with Crippen molar-refractivity contribution < 1.29 is 14.3 Å². The molecular formula is C11H9FN2O2S. The van der Waals surface area contributed by atoms with Crippen LogP contribution in [0.25, 0.3) is 11.4 Å². The monoisotopic (exact) mass is 252 g/mol. The topological polar surface area (TPSA) is 63.1 Å². The van der Waals surface area contributed by atoms with Gasteiger partial charge in [-0.15, -0.1) is 11.3 Å². The number of carboxylic acid groups (broad SMARTS) is 1. The van der Waals surface area contributed by atoms with E-state index in [0.717, 1.165) is 17.3 Å². The average Bonchev–Trinajstić information content (AvgIpc) is 2.74. The molecule has 2 rings (SSSR count). The molecule has 2 aromatic rings. The van der Waals surface area contributed by atoms with E-state index in [4.69, 9.17) is 5.11 Å². The van der Waals surface area contributed by atoms with Gasteiger partial charge in [0.15, 0.2) is 11.6 Å². The molecule has 2 heterocycles. The van der Waals surface area contributed by atoms with E-state index in [1.165, 1.54) is 17.4 Å². The van der Waals surface area contributed by atoms with E-state index >= 15 is 0 Å². The fourth-order valence-electron chi connectivity index (χ4n) is 1.44. The van der Waals surface area contributed by atoms with Crippen molar-refractivity contribution in [3.63, 3.8) is 0 Å². The standard InChI is InChI=1S/C11H9FN2O2S/c1-2-8-7(3-9(17-8)11(15)16)10-13-4-6(12)5-14-10/h3-5H,2H2,1H3,(H,15,16). The molecule has 6 heteroatoms. The maximum absolute atomic E-state index is 12.7. The van der Waals surface area contributed by atoms with Crippen LogP contribution in [0.1, 0.15) is 21.5 Å². The summed E-state index contributed by atoms with van der Waals surface area (Å²) in [6.07, 6.45) is 2.83. The number of rotatable bonds is 3. The van der Waals surface area contributed by atoms with E-state index < -0.39 is 11.8 Å². The highest BCUT2D eigenvalue weighted by molar-refractivity contribution is 7.14. The van der Waals surface area contributed by atoms with E-state index in [2.05, 4.69) is 9.97 Å². The average molecular weight is 252 g/mol. The second kappa shape index (κ2) is 4.58. The Kier molecular flexibility index (Phi) is 3.14. The quantitative estimate of drug-likeness (QED) is 0.912. The fourth-order valence-corrected chi connectivity index (χ4v) is 2.37. The molecule has 0 saturated heterocycles. The first kappa shape index (κ1) is 11.7. The normalized spacial score (nSPS) is 10.5. The van der Waals surface area contributed by atoms with E-state index in [1.54, 1.807) is 0 Å². The maximum atomic E-state index is 12.7. The van der Waals surface area contributed by atoms with Gasteiger partial charge in [-0.25, -0.2) is 19.2 Å². The molecule has 1 N–H and O–H groups in total. The van der Waals surface area contributed by atoms with Crippen LogP contribution in [0.2, 0.25) is 0 Å². The Balaban J connectivity index is 2.50. The number of aryl methyl sites for hydroxylation is 1. The molecule has 0 aliphatic heterocycles. The highest BCUT2D eigenvalue weighted by Crippen LogP contribution is 2.29. The molecular weight excluding hydrogens is 243 g/mol. The SMILES string of the molecule is CCc1sc(C(=O)O)cc1-c1ncc(F)cn1. The summed E-state index contributed by atoms with van der Waals surface area (Å²) >= 11 is 1.19. The van der Waals surface area contributed by atoms with E-state index in [-0.39, 0.29) is 4.88 Å². The summed E-state index contributed by atoms with van der Waals surface area (Å²) < 4.78 is 12.7. The van der Waals surface area contributed by atoms with Crippen LogP contribution in [-0.2, 0) is 6.42 Å². The van der Waals surface area contributed by atoms with Gasteiger partial charge >= 0.3 is 5.97 Å². The van der Waals surface area contributed by atoms with E-state index in [1.807, 2.05) is 6.92 Å². The minimum atomic E-state index is -0.974. The Morgan fingerprint density at radius 1 is 1.47 bits per heavy atom. The molecule has 0 amide bonds. The largest absolute Gasteiger partial charge is 0.477 e. The highest BCUT2D eigenvalue weighted by atomic mass is 32.1.